The molecule has 0 saturated carbocycles. The maximum Gasteiger partial charge on any atom is 0.269 e. The van der Waals surface area contributed by atoms with Crippen molar-refractivity contribution in [3.63, 3.8) is 0 Å². The van der Waals surface area contributed by atoms with Crippen LogP contribution in [-0.2, 0) is 10.0 Å². The monoisotopic (exact) mass is 510 g/mol. The average molecular weight is 511 g/mol. The van der Waals surface area contributed by atoms with E-state index in [0.29, 0.717) is 6.54 Å². The van der Waals surface area contributed by atoms with Gasteiger partial charge >= 0.3 is 0 Å². The molecule has 1 aromatic rings. The fraction of sp³-hybridized carbons (Fsp3) is 0.786. The number of benzene rings is 1. The maximum atomic E-state index is 12.2. The standard InChI is InChI=1S/C28H50N2O4S/c1-2-3-4-5-6-7-8-9-10-11-12-13-14-15-16-17-18-19-20-21-26-29-35(33,34)28-24-22-27(23-25-28)30(31)32/h22-25,29H,2-21,26H2,1H3. The van der Waals surface area contributed by atoms with E-state index in [1.807, 2.05) is 0 Å². The Bertz CT molecular complexity index is 751. The topological polar surface area (TPSA) is 89.3 Å². The quantitative estimate of drug-likeness (QED) is 0.0855. The fourth-order valence-electron chi connectivity index (χ4n) is 4.42. The Morgan fingerprint density at radius 1 is 0.629 bits per heavy atom. The maximum absolute atomic E-state index is 12.2. The molecule has 0 amide bonds. The van der Waals surface area contributed by atoms with Crippen LogP contribution in [0.5, 0.6) is 0 Å². The van der Waals surface area contributed by atoms with E-state index in [0.717, 1.165) is 19.3 Å². The van der Waals surface area contributed by atoms with Crippen molar-refractivity contribution in [1.29, 1.82) is 0 Å². The Hall–Kier alpha value is -1.47. The van der Waals surface area contributed by atoms with Gasteiger partial charge in [-0.25, -0.2) is 13.1 Å². The molecule has 1 aromatic carbocycles. The summed E-state index contributed by atoms with van der Waals surface area (Å²) in [5.41, 5.74) is -0.113. The van der Waals surface area contributed by atoms with Crippen LogP contribution in [0.15, 0.2) is 29.2 Å². The number of hydrogen-bond donors (Lipinski definition) is 1. The van der Waals surface area contributed by atoms with Crippen LogP contribution < -0.4 is 4.72 Å². The minimum atomic E-state index is -3.60. The molecule has 0 heterocycles. The molecular weight excluding hydrogens is 460 g/mol. The first-order chi connectivity index (χ1) is 17.0. The van der Waals surface area contributed by atoms with Gasteiger partial charge in [0.15, 0.2) is 0 Å². The van der Waals surface area contributed by atoms with Crippen LogP contribution >= 0.6 is 0 Å². The van der Waals surface area contributed by atoms with Gasteiger partial charge in [-0.1, -0.05) is 129 Å². The molecule has 0 aliphatic carbocycles. The Kier molecular flexibility index (Phi) is 18.7. The van der Waals surface area contributed by atoms with Crippen LogP contribution in [0.1, 0.15) is 135 Å². The van der Waals surface area contributed by atoms with Gasteiger partial charge in [-0.05, 0) is 18.6 Å². The summed E-state index contributed by atoms with van der Waals surface area (Å²) >= 11 is 0. The van der Waals surface area contributed by atoms with Crippen LogP contribution in [0.25, 0.3) is 0 Å². The molecule has 0 spiro atoms. The molecule has 35 heavy (non-hydrogen) atoms. The van der Waals surface area contributed by atoms with Crippen molar-refractivity contribution in [2.45, 2.75) is 140 Å². The van der Waals surface area contributed by atoms with Crippen LogP contribution in [0.3, 0.4) is 0 Å². The van der Waals surface area contributed by atoms with Crippen molar-refractivity contribution in [1.82, 2.24) is 4.72 Å². The van der Waals surface area contributed by atoms with Gasteiger partial charge in [0, 0.05) is 18.7 Å². The molecule has 0 unspecified atom stereocenters. The Morgan fingerprint density at radius 2 is 0.971 bits per heavy atom. The summed E-state index contributed by atoms with van der Waals surface area (Å²) in [7, 11) is -3.60. The SMILES string of the molecule is CCCCCCCCCCCCCCCCCCCCCCNS(=O)(=O)c1ccc([N+](=O)[O-])cc1. The second-order valence-electron chi connectivity index (χ2n) is 9.87. The van der Waals surface area contributed by atoms with E-state index in [-0.39, 0.29) is 10.6 Å². The second kappa shape index (κ2) is 20.7. The third-order valence-electron chi connectivity index (χ3n) is 6.68. The molecular formula is C28H50N2O4S. The van der Waals surface area contributed by atoms with E-state index in [1.165, 1.54) is 133 Å². The summed E-state index contributed by atoms with van der Waals surface area (Å²) in [6, 6.07) is 4.98. The zero-order chi connectivity index (χ0) is 25.6. The van der Waals surface area contributed by atoms with Gasteiger partial charge in [0.2, 0.25) is 10.0 Å². The minimum Gasteiger partial charge on any atom is -0.258 e. The zero-order valence-corrected chi connectivity index (χ0v) is 23.0. The van der Waals surface area contributed by atoms with Gasteiger partial charge in [0.25, 0.3) is 5.69 Å². The number of nitrogens with one attached hydrogen (secondary N) is 1. The number of sulfonamides is 1. The van der Waals surface area contributed by atoms with Crippen molar-refractivity contribution >= 4 is 15.7 Å². The van der Waals surface area contributed by atoms with Crippen LogP contribution in [-0.4, -0.2) is 19.9 Å². The highest BCUT2D eigenvalue weighted by Crippen LogP contribution is 2.17. The number of hydrogen-bond acceptors (Lipinski definition) is 4. The molecule has 0 radical (unpaired) electrons. The van der Waals surface area contributed by atoms with Gasteiger partial charge < -0.3 is 0 Å². The molecule has 1 N–H and O–H groups in total. The highest BCUT2D eigenvalue weighted by Gasteiger charge is 2.15. The van der Waals surface area contributed by atoms with E-state index in [4.69, 9.17) is 0 Å². The van der Waals surface area contributed by atoms with E-state index >= 15 is 0 Å². The third kappa shape index (κ3) is 16.8. The van der Waals surface area contributed by atoms with Gasteiger partial charge in [-0.2, -0.15) is 0 Å². The number of rotatable bonds is 24. The molecule has 7 heteroatoms. The summed E-state index contributed by atoms with van der Waals surface area (Å²) in [6.45, 7) is 2.68. The summed E-state index contributed by atoms with van der Waals surface area (Å²) in [5.74, 6) is 0. The number of nitro benzene ring substituents is 1. The van der Waals surface area contributed by atoms with Gasteiger partial charge in [0.05, 0.1) is 9.82 Å². The fourth-order valence-corrected chi connectivity index (χ4v) is 5.49. The van der Waals surface area contributed by atoms with E-state index in [1.54, 1.807) is 0 Å². The smallest absolute Gasteiger partial charge is 0.258 e. The lowest BCUT2D eigenvalue weighted by Gasteiger charge is -2.07. The first-order valence-electron chi connectivity index (χ1n) is 14.2. The lowest BCUT2D eigenvalue weighted by atomic mass is 10.0. The minimum absolute atomic E-state index is 0.0660. The van der Waals surface area contributed by atoms with E-state index < -0.39 is 14.9 Å². The van der Waals surface area contributed by atoms with Crippen molar-refractivity contribution in [2.75, 3.05) is 6.54 Å². The lowest BCUT2D eigenvalue weighted by Crippen LogP contribution is -2.24. The number of non-ortho nitro benzene ring substituents is 1. The van der Waals surface area contributed by atoms with E-state index in [2.05, 4.69) is 11.6 Å². The first-order valence-corrected chi connectivity index (χ1v) is 15.7. The molecule has 0 aliphatic heterocycles. The van der Waals surface area contributed by atoms with Crippen molar-refractivity contribution in [2.24, 2.45) is 0 Å². The average Bonchev–Trinajstić information content (AvgIpc) is 2.85. The predicted molar refractivity (Wildman–Crippen MR) is 146 cm³/mol. The highest BCUT2D eigenvalue weighted by molar-refractivity contribution is 7.89. The molecule has 1 rings (SSSR count). The molecule has 0 atom stereocenters. The molecule has 0 aromatic heterocycles. The highest BCUT2D eigenvalue weighted by atomic mass is 32.2. The summed E-state index contributed by atoms with van der Waals surface area (Å²) in [5, 5.41) is 10.7. The zero-order valence-electron chi connectivity index (χ0n) is 22.1. The molecule has 202 valence electrons. The summed E-state index contributed by atoms with van der Waals surface area (Å²) < 4.78 is 27.1. The molecule has 6 nitrogen and oxygen atoms in total. The summed E-state index contributed by atoms with van der Waals surface area (Å²) in [6.07, 6.45) is 26.4. The molecule has 0 fully saturated rings. The number of nitrogens with zero attached hydrogens (tertiary/aromatic N) is 1. The van der Waals surface area contributed by atoms with Gasteiger partial charge in [-0.15, -0.1) is 0 Å². The van der Waals surface area contributed by atoms with Crippen LogP contribution in [0.4, 0.5) is 5.69 Å². The van der Waals surface area contributed by atoms with Gasteiger partial charge in [-0.3, -0.25) is 10.1 Å². The van der Waals surface area contributed by atoms with E-state index in [9.17, 15) is 18.5 Å². The molecule has 0 bridgehead atoms. The third-order valence-corrected chi connectivity index (χ3v) is 8.16. The second-order valence-corrected chi connectivity index (χ2v) is 11.6. The Balaban J connectivity index is 1.85. The largest absolute Gasteiger partial charge is 0.269 e. The number of unbranched alkanes of at least 4 members (excludes halogenated alkanes) is 19. The normalized spacial score (nSPS) is 11.7. The van der Waals surface area contributed by atoms with Crippen molar-refractivity contribution in [3.05, 3.63) is 34.4 Å². The predicted octanol–water partition coefficient (Wildman–Crippen LogP) is 8.70. The number of nitro groups is 1. The Labute approximate surface area is 214 Å². The molecule has 0 aliphatic rings. The Morgan fingerprint density at radius 3 is 1.31 bits per heavy atom. The lowest BCUT2D eigenvalue weighted by molar-refractivity contribution is -0.384. The van der Waals surface area contributed by atoms with Crippen LogP contribution in [0.2, 0.25) is 0 Å². The first kappa shape index (κ1) is 31.6. The van der Waals surface area contributed by atoms with Crippen LogP contribution in [0, 0.1) is 10.1 Å². The molecule has 0 saturated heterocycles. The van der Waals surface area contributed by atoms with Crippen molar-refractivity contribution < 1.29 is 13.3 Å². The summed E-state index contributed by atoms with van der Waals surface area (Å²) in [4.78, 5) is 10.2. The van der Waals surface area contributed by atoms with Crippen molar-refractivity contribution in [3.8, 4) is 0 Å². The van der Waals surface area contributed by atoms with Gasteiger partial charge in [0.1, 0.15) is 0 Å².